The lowest BCUT2D eigenvalue weighted by atomic mass is 9.82. The highest BCUT2D eigenvalue weighted by atomic mass is 16.3. The molecule has 0 aromatic rings. The van der Waals surface area contributed by atoms with E-state index in [1.165, 1.54) is 11.1 Å². The molecule has 1 atom stereocenters. The number of rotatable bonds is 3. The number of piperidine rings is 1. The first kappa shape index (κ1) is 10.9. The monoisotopic (exact) mass is 207 g/mol. The van der Waals surface area contributed by atoms with Crippen molar-refractivity contribution in [1.82, 2.24) is 5.32 Å². The third-order valence-electron chi connectivity index (χ3n) is 3.41. The lowest BCUT2D eigenvalue weighted by Crippen LogP contribution is -2.34. The van der Waals surface area contributed by atoms with Crippen LogP contribution in [0.2, 0.25) is 0 Å². The molecule has 0 saturated carbocycles. The van der Waals surface area contributed by atoms with E-state index in [-0.39, 0.29) is 0 Å². The van der Waals surface area contributed by atoms with Crippen LogP contribution in [0.1, 0.15) is 39.0 Å². The van der Waals surface area contributed by atoms with Crippen molar-refractivity contribution in [2.45, 2.75) is 44.6 Å². The molecule has 2 N–H and O–H groups in total. The topological polar surface area (TPSA) is 32.3 Å². The highest BCUT2D eigenvalue weighted by molar-refractivity contribution is 5.40. The van der Waals surface area contributed by atoms with Gasteiger partial charge in [0.2, 0.25) is 0 Å². The first-order valence-electron chi connectivity index (χ1n) is 6.08. The summed E-state index contributed by atoms with van der Waals surface area (Å²) in [6.45, 7) is 4.18. The van der Waals surface area contributed by atoms with Crippen molar-refractivity contribution in [2.75, 3.05) is 13.1 Å². The molecule has 2 aliphatic rings. The van der Waals surface area contributed by atoms with Crippen molar-refractivity contribution in [1.29, 1.82) is 0 Å². The van der Waals surface area contributed by atoms with Crippen LogP contribution in [0.5, 0.6) is 0 Å². The molecule has 0 bridgehead atoms. The minimum absolute atomic E-state index is 0.562. The van der Waals surface area contributed by atoms with Crippen molar-refractivity contribution in [2.24, 2.45) is 0 Å². The Labute approximate surface area is 92.1 Å². The van der Waals surface area contributed by atoms with E-state index >= 15 is 0 Å². The lowest BCUT2D eigenvalue weighted by molar-refractivity contribution is 0.0791. The van der Waals surface area contributed by atoms with E-state index in [4.69, 9.17) is 0 Å². The molecule has 0 aromatic heterocycles. The Hall–Kier alpha value is -0.600. The Bertz CT molecular complexity index is 293. The maximum absolute atomic E-state index is 10.4. The summed E-state index contributed by atoms with van der Waals surface area (Å²) in [6, 6.07) is 0. The summed E-state index contributed by atoms with van der Waals surface area (Å²) in [5.41, 5.74) is 2.22. The summed E-state index contributed by atoms with van der Waals surface area (Å²) >= 11 is 0. The first-order valence-corrected chi connectivity index (χ1v) is 6.08. The highest BCUT2D eigenvalue weighted by Gasteiger charge is 2.28. The quantitative estimate of drug-likeness (QED) is 0.743. The average Bonchev–Trinajstić information content (AvgIpc) is 2.26. The summed E-state index contributed by atoms with van der Waals surface area (Å²) in [7, 11) is 0. The molecular formula is C13H21NO. The fourth-order valence-corrected chi connectivity index (χ4v) is 2.44. The number of aliphatic hydroxyl groups is 1. The molecule has 0 radical (unpaired) electrons. The number of fused-ring (bicyclic) bond motifs is 1. The van der Waals surface area contributed by atoms with Gasteiger partial charge >= 0.3 is 0 Å². The van der Waals surface area contributed by atoms with Gasteiger partial charge in [0.25, 0.3) is 0 Å². The Morgan fingerprint density at radius 1 is 1.47 bits per heavy atom. The molecule has 2 nitrogen and oxygen atoms in total. The number of hydrogen-bond donors (Lipinski definition) is 2. The van der Waals surface area contributed by atoms with Gasteiger partial charge < -0.3 is 10.4 Å². The van der Waals surface area contributed by atoms with Crippen LogP contribution in [0.15, 0.2) is 23.3 Å². The van der Waals surface area contributed by atoms with Gasteiger partial charge in [-0.05, 0) is 43.0 Å². The molecule has 0 spiro atoms. The van der Waals surface area contributed by atoms with E-state index in [1.807, 2.05) is 0 Å². The van der Waals surface area contributed by atoms with Gasteiger partial charge in [-0.15, -0.1) is 0 Å². The van der Waals surface area contributed by atoms with E-state index in [1.54, 1.807) is 0 Å². The van der Waals surface area contributed by atoms with E-state index in [0.29, 0.717) is 0 Å². The van der Waals surface area contributed by atoms with Gasteiger partial charge in [-0.2, -0.15) is 0 Å². The van der Waals surface area contributed by atoms with Crippen LogP contribution >= 0.6 is 0 Å². The molecule has 2 heteroatoms. The summed E-state index contributed by atoms with van der Waals surface area (Å²) < 4.78 is 0. The fraction of sp³-hybridized carbons (Fsp3) is 0.692. The van der Waals surface area contributed by atoms with Crippen LogP contribution in [0, 0.1) is 0 Å². The van der Waals surface area contributed by atoms with Crippen molar-refractivity contribution in [3.8, 4) is 0 Å². The molecular weight excluding hydrogens is 186 g/mol. The van der Waals surface area contributed by atoms with Crippen LogP contribution in [-0.4, -0.2) is 23.8 Å². The minimum Gasteiger partial charge on any atom is -0.385 e. The Morgan fingerprint density at radius 2 is 2.33 bits per heavy atom. The second-order valence-electron chi connectivity index (χ2n) is 4.74. The zero-order valence-corrected chi connectivity index (χ0v) is 9.55. The third kappa shape index (κ3) is 2.50. The number of nitrogens with one attached hydrogen (secondary N) is 1. The second-order valence-corrected chi connectivity index (χ2v) is 4.74. The molecule has 1 unspecified atom stereocenters. The molecule has 2 rings (SSSR count). The van der Waals surface area contributed by atoms with Gasteiger partial charge in [0.15, 0.2) is 0 Å². The number of unbranched alkanes of at least 4 members (excludes halogenated alkanes) is 1. The summed E-state index contributed by atoms with van der Waals surface area (Å²) in [5.74, 6) is 0. The maximum atomic E-state index is 10.4. The third-order valence-corrected chi connectivity index (χ3v) is 3.41. The van der Waals surface area contributed by atoms with E-state index in [0.717, 1.165) is 45.2 Å². The van der Waals surface area contributed by atoms with E-state index in [9.17, 15) is 5.11 Å². The molecule has 84 valence electrons. The molecule has 1 aliphatic heterocycles. The molecule has 1 saturated heterocycles. The predicted molar refractivity (Wildman–Crippen MR) is 62.7 cm³/mol. The zero-order valence-electron chi connectivity index (χ0n) is 9.55. The maximum Gasteiger partial charge on any atom is 0.0868 e. The zero-order chi connectivity index (χ0) is 10.7. The lowest BCUT2D eigenvalue weighted by Gasteiger charge is -2.32. The molecule has 1 heterocycles. The molecule has 1 aliphatic carbocycles. The van der Waals surface area contributed by atoms with E-state index < -0.39 is 5.60 Å². The predicted octanol–water partition coefficient (Wildman–Crippen LogP) is 2.16. The van der Waals surface area contributed by atoms with Gasteiger partial charge in [0.1, 0.15) is 0 Å². The van der Waals surface area contributed by atoms with Gasteiger partial charge in [0, 0.05) is 6.54 Å². The summed E-state index contributed by atoms with van der Waals surface area (Å²) in [4.78, 5) is 0. The van der Waals surface area contributed by atoms with Crippen molar-refractivity contribution < 1.29 is 5.11 Å². The highest BCUT2D eigenvalue weighted by Crippen LogP contribution is 2.32. The van der Waals surface area contributed by atoms with Crippen molar-refractivity contribution >= 4 is 0 Å². The Kier molecular flexibility index (Phi) is 3.27. The smallest absolute Gasteiger partial charge is 0.0868 e. The van der Waals surface area contributed by atoms with Gasteiger partial charge in [0.05, 0.1) is 5.60 Å². The number of hydrogen-bond acceptors (Lipinski definition) is 2. The SMILES string of the molecule is CCCCC1(O)C=C2CNCCC2=CC1. The minimum atomic E-state index is -0.562. The first-order chi connectivity index (χ1) is 7.23. The fourth-order valence-electron chi connectivity index (χ4n) is 2.44. The largest absolute Gasteiger partial charge is 0.385 e. The van der Waals surface area contributed by atoms with Gasteiger partial charge in [-0.25, -0.2) is 0 Å². The molecule has 1 fully saturated rings. The average molecular weight is 207 g/mol. The second kappa shape index (κ2) is 4.50. The normalized spacial score (nSPS) is 30.5. The van der Waals surface area contributed by atoms with Crippen molar-refractivity contribution in [3.05, 3.63) is 23.3 Å². The van der Waals surface area contributed by atoms with Crippen LogP contribution in [0.25, 0.3) is 0 Å². The van der Waals surface area contributed by atoms with Crippen LogP contribution in [0.3, 0.4) is 0 Å². The Balaban J connectivity index is 2.07. The standard InChI is InChI=1S/C13H21NO/c1-2-3-6-13(15)7-4-11-5-8-14-10-12(11)9-13/h4,9,14-15H,2-3,5-8,10H2,1H3. The Morgan fingerprint density at radius 3 is 3.13 bits per heavy atom. The van der Waals surface area contributed by atoms with Crippen molar-refractivity contribution in [3.63, 3.8) is 0 Å². The van der Waals surface area contributed by atoms with E-state index in [2.05, 4.69) is 24.4 Å². The molecule has 0 aromatic carbocycles. The summed E-state index contributed by atoms with van der Waals surface area (Å²) in [6.07, 6.45) is 9.44. The van der Waals surface area contributed by atoms with Gasteiger partial charge in [-0.1, -0.05) is 25.8 Å². The van der Waals surface area contributed by atoms with Crippen LogP contribution in [-0.2, 0) is 0 Å². The van der Waals surface area contributed by atoms with Crippen LogP contribution < -0.4 is 5.32 Å². The summed E-state index contributed by atoms with van der Waals surface area (Å²) in [5, 5.41) is 13.8. The molecule has 0 amide bonds. The molecule has 15 heavy (non-hydrogen) atoms. The van der Waals surface area contributed by atoms with Crippen LogP contribution in [0.4, 0.5) is 0 Å². The van der Waals surface area contributed by atoms with Gasteiger partial charge in [-0.3, -0.25) is 0 Å².